The zero-order valence-corrected chi connectivity index (χ0v) is 15.9. The summed E-state index contributed by atoms with van der Waals surface area (Å²) in [7, 11) is -10.7. The van der Waals surface area contributed by atoms with Gasteiger partial charge in [0.1, 0.15) is 0 Å². The molecule has 1 aliphatic heterocycles. The van der Waals surface area contributed by atoms with Gasteiger partial charge in [-0.05, 0) is 54.4 Å². The van der Waals surface area contributed by atoms with Gasteiger partial charge in [-0.3, -0.25) is 0 Å². The van der Waals surface area contributed by atoms with Crippen LogP contribution in [0.25, 0.3) is 11.1 Å². The molecule has 0 spiro atoms. The number of piperidine rings is 1. The Kier molecular flexibility index (Phi) is 5.98. The second-order valence-corrected chi connectivity index (χ2v) is 8.86. The Bertz CT molecular complexity index is 756. The molecule has 1 saturated heterocycles. The summed E-state index contributed by atoms with van der Waals surface area (Å²) >= 11 is 0. The Morgan fingerprint density at radius 2 is 1.30 bits per heavy atom. The van der Waals surface area contributed by atoms with E-state index in [1.165, 1.54) is 54.6 Å². The number of hydrogen-bond donors (Lipinski definition) is 1. The van der Waals surface area contributed by atoms with E-state index < -0.39 is 7.81 Å². The number of quaternary nitrogens is 1. The van der Waals surface area contributed by atoms with Crippen LogP contribution in [0.4, 0.5) is 25.2 Å². The van der Waals surface area contributed by atoms with Crippen molar-refractivity contribution in [3.63, 3.8) is 0 Å². The number of halogens is 6. The van der Waals surface area contributed by atoms with Gasteiger partial charge in [0.2, 0.25) is 0 Å². The second-order valence-electron chi connectivity index (χ2n) is 6.94. The predicted octanol–water partition coefficient (Wildman–Crippen LogP) is 6.56. The molecule has 0 atom stereocenters. The SMILES string of the molecule is Cc1ccccc1-c1ccccc1CC1CC[NH2+]CC1.F[P-](F)(F)(F)(F)F. The average Bonchev–Trinajstić information content (AvgIpc) is 2.54. The van der Waals surface area contributed by atoms with Crippen molar-refractivity contribution in [1.82, 2.24) is 0 Å². The monoisotopic (exact) mass is 411 g/mol. The van der Waals surface area contributed by atoms with Crippen molar-refractivity contribution in [2.75, 3.05) is 13.1 Å². The van der Waals surface area contributed by atoms with Crippen molar-refractivity contribution in [1.29, 1.82) is 0 Å². The van der Waals surface area contributed by atoms with Crippen LogP contribution >= 0.6 is 7.81 Å². The molecule has 8 heteroatoms. The number of hydrogen-bond acceptors (Lipinski definition) is 0. The van der Waals surface area contributed by atoms with Gasteiger partial charge in [0.15, 0.2) is 0 Å². The molecule has 1 heterocycles. The molecule has 1 aliphatic rings. The molecular weight excluding hydrogens is 387 g/mol. The van der Waals surface area contributed by atoms with E-state index in [-0.39, 0.29) is 0 Å². The zero-order chi connectivity index (χ0) is 20.2. The number of aryl methyl sites for hydroxylation is 1. The standard InChI is InChI=1S/C19H23N.F6P/c1-15-6-2-4-8-18(15)19-9-5-3-7-17(19)14-16-10-12-20-13-11-16;1-7(2,3,4,5)6/h2-9,16,20H,10-14H2,1H3;/q;-1/p+1. The Hall–Kier alpha value is -1.59. The van der Waals surface area contributed by atoms with E-state index in [9.17, 15) is 25.2 Å². The minimum absolute atomic E-state index is 0.866. The Morgan fingerprint density at radius 3 is 1.85 bits per heavy atom. The second kappa shape index (κ2) is 7.44. The molecule has 27 heavy (non-hydrogen) atoms. The number of rotatable bonds is 3. The van der Waals surface area contributed by atoms with Gasteiger partial charge in [0.25, 0.3) is 0 Å². The van der Waals surface area contributed by atoms with Gasteiger partial charge < -0.3 is 5.32 Å². The van der Waals surface area contributed by atoms with Crippen LogP contribution in [0.3, 0.4) is 0 Å². The molecule has 3 rings (SSSR count). The van der Waals surface area contributed by atoms with E-state index in [2.05, 4.69) is 60.8 Å². The van der Waals surface area contributed by atoms with Crippen LogP contribution in [0.5, 0.6) is 0 Å². The Balaban J connectivity index is 0.000000321. The van der Waals surface area contributed by atoms with Crippen LogP contribution in [0, 0.1) is 12.8 Å². The van der Waals surface area contributed by atoms with E-state index >= 15 is 0 Å². The minimum atomic E-state index is -10.7. The molecule has 2 aromatic rings. The van der Waals surface area contributed by atoms with Crippen molar-refractivity contribution >= 4 is 7.81 Å². The molecule has 0 radical (unpaired) electrons. The van der Waals surface area contributed by atoms with Gasteiger partial charge in [-0.1, -0.05) is 48.5 Å². The molecule has 1 nitrogen and oxygen atoms in total. The summed E-state index contributed by atoms with van der Waals surface area (Å²) in [5.74, 6) is 0.866. The maximum atomic E-state index is 9.87. The van der Waals surface area contributed by atoms with Crippen LogP contribution in [-0.2, 0) is 6.42 Å². The Labute approximate surface area is 155 Å². The first-order valence-electron chi connectivity index (χ1n) is 8.81. The van der Waals surface area contributed by atoms with Crippen molar-refractivity contribution in [2.24, 2.45) is 5.92 Å². The maximum absolute atomic E-state index is 10.7. The van der Waals surface area contributed by atoms with Gasteiger partial charge in [0.05, 0.1) is 13.1 Å². The third-order valence-corrected chi connectivity index (χ3v) is 4.52. The van der Waals surface area contributed by atoms with E-state index in [0.29, 0.717) is 0 Å². The summed E-state index contributed by atoms with van der Waals surface area (Å²) < 4.78 is 59.2. The van der Waals surface area contributed by atoms with Crippen LogP contribution in [0.2, 0.25) is 0 Å². The number of benzene rings is 2. The fourth-order valence-corrected chi connectivity index (χ4v) is 3.35. The van der Waals surface area contributed by atoms with Crippen LogP contribution in [-0.4, -0.2) is 13.1 Å². The van der Waals surface area contributed by atoms with Crippen LogP contribution in [0.15, 0.2) is 48.5 Å². The van der Waals surface area contributed by atoms with Gasteiger partial charge in [-0.25, -0.2) is 0 Å². The fraction of sp³-hybridized carbons (Fsp3) is 0.368. The van der Waals surface area contributed by atoms with Crippen molar-refractivity contribution in [3.8, 4) is 11.1 Å². The summed E-state index contributed by atoms with van der Waals surface area (Å²) in [5, 5.41) is 2.45. The normalized spacial score (nSPS) is 18.0. The van der Waals surface area contributed by atoms with Crippen LogP contribution < -0.4 is 5.32 Å². The van der Waals surface area contributed by atoms with Crippen molar-refractivity contribution in [2.45, 2.75) is 26.2 Å². The first kappa shape index (κ1) is 21.7. The summed E-state index contributed by atoms with van der Waals surface area (Å²) in [6, 6.07) is 17.7. The average molecular weight is 411 g/mol. The number of nitrogens with two attached hydrogens (primary N) is 1. The van der Waals surface area contributed by atoms with Gasteiger partial charge in [0, 0.05) is 0 Å². The molecule has 0 aromatic heterocycles. The summed E-state index contributed by atoms with van der Waals surface area (Å²) in [6.45, 7) is 4.82. The Morgan fingerprint density at radius 1 is 0.815 bits per heavy atom. The van der Waals surface area contributed by atoms with Gasteiger partial charge in [-0.2, -0.15) is 0 Å². The molecule has 0 saturated carbocycles. The molecule has 2 N–H and O–H groups in total. The van der Waals surface area contributed by atoms with E-state index in [4.69, 9.17) is 0 Å². The van der Waals surface area contributed by atoms with Crippen LogP contribution in [0.1, 0.15) is 24.0 Å². The molecule has 2 aromatic carbocycles. The summed E-state index contributed by atoms with van der Waals surface area (Å²) in [5.41, 5.74) is 5.72. The summed E-state index contributed by atoms with van der Waals surface area (Å²) in [6.07, 6.45) is 3.96. The first-order chi connectivity index (χ1) is 12.3. The molecule has 1 fully saturated rings. The molecule has 152 valence electrons. The molecule has 0 amide bonds. The van der Waals surface area contributed by atoms with Crippen molar-refractivity contribution in [3.05, 3.63) is 59.7 Å². The summed E-state index contributed by atoms with van der Waals surface area (Å²) in [4.78, 5) is 0. The molecule has 0 bridgehead atoms. The third-order valence-electron chi connectivity index (χ3n) is 4.52. The molecule has 0 unspecified atom stereocenters. The van der Waals surface area contributed by atoms with Gasteiger partial charge in [-0.15, -0.1) is 0 Å². The van der Waals surface area contributed by atoms with E-state index in [1.807, 2.05) is 0 Å². The molecular formula is C19H24F6NP. The first-order valence-corrected chi connectivity index (χ1v) is 10.8. The third kappa shape index (κ3) is 9.25. The van der Waals surface area contributed by atoms with Gasteiger partial charge >= 0.3 is 33.0 Å². The molecule has 0 aliphatic carbocycles. The predicted molar refractivity (Wildman–Crippen MR) is 98.3 cm³/mol. The topological polar surface area (TPSA) is 16.6 Å². The zero-order valence-electron chi connectivity index (χ0n) is 15.0. The fourth-order valence-electron chi connectivity index (χ4n) is 3.35. The van der Waals surface area contributed by atoms with Crippen molar-refractivity contribution < 1.29 is 30.5 Å². The quantitative estimate of drug-likeness (QED) is 0.435. The van der Waals surface area contributed by atoms with E-state index in [0.717, 1.165) is 5.92 Å². The van der Waals surface area contributed by atoms with E-state index in [1.54, 1.807) is 0 Å².